The third kappa shape index (κ3) is 5.62. The minimum Gasteiger partial charge on any atom is -0.326 e. The molecule has 1 rings (SSSR count). The van der Waals surface area contributed by atoms with Gasteiger partial charge in [0.25, 0.3) is 0 Å². The van der Waals surface area contributed by atoms with E-state index in [2.05, 4.69) is 5.32 Å². The van der Waals surface area contributed by atoms with Crippen LogP contribution in [0.2, 0.25) is 0 Å². The number of carbonyl (C=O) groups excluding carboxylic acids is 1. The van der Waals surface area contributed by atoms with Gasteiger partial charge in [-0.05, 0) is 36.5 Å². The molecule has 0 saturated heterocycles. The molecule has 0 aliphatic rings. The van der Waals surface area contributed by atoms with E-state index >= 15 is 0 Å². The fourth-order valence-corrected chi connectivity index (χ4v) is 4.11. The average molecular weight is 340 g/mol. The summed E-state index contributed by atoms with van der Waals surface area (Å²) in [6, 6.07) is 4.87. The van der Waals surface area contributed by atoms with Crippen molar-refractivity contribution in [3.63, 3.8) is 0 Å². The summed E-state index contributed by atoms with van der Waals surface area (Å²) in [6.07, 6.45) is 0. The van der Waals surface area contributed by atoms with Gasteiger partial charge in [0, 0.05) is 25.7 Å². The topological polar surface area (TPSA) is 66.5 Å². The van der Waals surface area contributed by atoms with E-state index in [1.165, 1.54) is 11.2 Å². The zero-order valence-electron chi connectivity index (χ0n) is 14.9. The molecule has 1 amide bonds. The van der Waals surface area contributed by atoms with Crippen LogP contribution in [-0.4, -0.2) is 31.7 Å². The van der Waals surface area contributed by atoms with E-state index in [9.17, 15) is 13.2 Å². The highest BCUT2D eigenvalue weighted by Crippen LogP contribution is 2.24. The summed E-state index contributed by atoms with van der Waals surface area (Å²) >= 11 is 0. The Hall–Kier alpha value is -1.40. The van der Waals surface area contributed by atoms with E-state index in [0.29, 0.717) is 18.8 Å². The Kier molecular flexibility index (Phi) is 6.77. The maximum absolute atomic E-state index is 13.0. The summed E-state index contributed by atoms with van der Waals surface area (Å²) in [7, 11) is -3.58. The molecular weight excluding hydrogens is 312 g/mol. The van der Waals surface area contributed by atoms with Crippen LogP contribution in [0.3, 0.4) is 0 Å². The van der Waals surface area contributed by atoms with Gasteiger partial charge in [0.05, 0.1) is 4.90 Å². The number of amides is 1. The minimum absolute atomic E-state index is 0.216. The fourth-order valence-electron chi connectivity index (χ4n) is 2.32. The van der Waals surface area contributed by atoms with E-state index in [-0.39, 0.29) is 22.6 Å². The molecule has 0 saturated carbocycles. The number of rotatable bonds is 7. The monoisotopic (exact) mass is 340 g/mol. The number of sulfonamides is 1. The van der Waals surface area contributed by atoms with Crippen LogP contribution in [0.5, 0.6) is 0 Å². The van der Waals surface area contributed by atoms with Crippen LogP contribution in [0.25, 0.3) is 0 Å². The van der Waals surface area contributed by atoms with E-state index in [1.54, 1.807) is 18.2 Å². The Labute approximate surface area is 140 Å². The molecule has 0 aromatic heterocycles. The van der Waals surface area contributed by atoms with Gasteiger partial charge >= 0.3 is 0 Å². The van der Waals surface area contributed by atoms with Crippen molar-refractivity contribution in [2.45, 2.75) is 46.4 Å². The lowest BCUT2D eigenvalue weighted by atomic mass is 10.2. The van der Waals surface area contributed by atoms with Gasteiger partial charge in [0.15, 0.2) is 0 Å². The van der Waals surface area contributed by atoms with Crippen LogP contribution in [-0.2, 0) is 14.8 Å². The van der Waals surface area contributed by atoms with Crippen LogP contribution in [0.4, 0.5) is 5.69 Å². The Balaban J connectivity index is 3.25. The second kappa shape index (κ2) is 7.93. The fraction of sp³-hybridized carbons (Fsp3) is 0.588. The average Bonchev–Trinajstić information content (AvgIpc) is 2.38. The Morgan fingerprint density at radius 3 is 2.09 bits per heavy atom. The zero-order valence-corrected chi connectivity index (χ0v) is 15.7. The molecule has 0 radical (unpaired) electrons. The number of anilines is 1. The number of hydrogen-bond donors (Lipinski definition) is 1. The van der Waals surface area contributed by atoms with Crippen molar-refractivity contribution in [3.8, 4) is 0 Å². The molecule has 0 spiro atoms. The molecule has 1 aromatic carbocycles. The Morgan fingerprint density at radius 1 is 1.13 bits per heavy atom. The van der Waals surface area contributed by atoms with E-state index in [4.69, 9.17) is 0 Å². The van der Waals surface area contributed by atoms with Gasteiger partial charge in [0.1, 0.15) is 0 Å². The molecule has 1 N–H and O–H groups in total. The normalized spacial score (nSPS) is 12.2. The molecule has 5 nitrogen and oxygen atoms in total. The third-order valence-electron chi connectivity index (χ3n) is 3.30. The summed E-state index contributed by atoms with van der Waals surface area (Å²) < 4.78 is 27.5. The van der Waals surface area contributed by atoms with Crippen molar-refractivity contribution in [2.75, 3.05) is 18.4 Å². The highest BCUT2D eigenvalue weighted by molar-refractivity contribution is 7.89. The van der Waals surface area contributed by atoms with Crippen molar-refractivity contribution in [3.05, 3.63) is 23.8 Å². The Bertz CT molecular complexity index is 642. The first-order valence-electron chi connectivity index (χ1n) is 7.92. The number of nitrogens with one attached hydrogen (secondary N) is 1. The van der Waals surface area contributed by atoms with Gasteiger partial charge in [-0.2, -0.15) is 4.31 Å². The lowest BCUT2D eigenvalue weighted by Crippen LogP contribution is -2.37. The lowest BCUT2D eigenvalue weighted by molar-refractivity contribution is -0.114. The highest BCUT2D eigenvalue weighted by Gasteiger charge is 2.26. The summed E-state index contributed by atoms with van der Waals surface area (Å²) in [4.78, 5) is 11.5. The first-order chi connectivity index (χ1) is 10.5. The van der Waals surface area contributed by atoms with E-state index in [1.807, 2.05) is 34.6 Å². The summed E-state index contributed by atoms with van der Waals surface area (Å²) in [5, 5.41) is 2.68. The van der Waals surface area contributed by atoms with E-state index < -0.39 is 10.0 Å². The van der Waals surface area contributed by atoms with Crippen molar-refractivity contribution in [2.24, 2.45) is 11.8 Å². The van der Waals surface area contributed by atoms with Gasteiger partial charge < -0.3 is 5.32 Å². The van der Waals surface area contributed by atoms with Crippen molar-refractivity contribution < 1.29 is 13.2 Å². The van der Waals surface area contributed by atoms with Gasteiger partial charge in [0.2, 0.25) is 15.9 Å². The van der Waals surface area contributed by atoms with Crippen molar-refractivity contribution in [1.82, 2.24) is 4.31 Å². The Morgan fingerprint density at radius 2 is 1.65 bits per heavy atom. The van der Waals surface area contributed by atoms with Crippen molar-refractivity contribution in [1.29, 1.82) is 0 Å². The van der Waals surface area contributed by atoms with Crippen LogP contribution in [0.15, 0.2) is 23.1 Å². The summed E-state index contributed by atoms with van der Waals surface area (Å²) in [6.45, 7) is 12.2. The number of carbonyl (C=O) groups is 1. The molecule has 0 heterocycles. The third-order valence-corrected chi connectivity index (χ3v) is 5.12. The quantitative estimate of drug-likeness (QED) is 0.828. The zero-order chi connectivity index (χ0) is 17.8. The standard InChI is InChI=1S/C17H28N2O3S/c1-12(2)10-19(11-13(3)4)23(21,22)16-8-7-14(5)17(9-16)18-15(6)20/h7-9,12-13H,10-11H2,1-6H3,(H,18,20). The van der Waals surface area contributed by atoms with E-state index in [0.717, 1.165) is 5.56 Å². The molecule has 0 aliphatic carbocycles. The number of hydrogen-bond acceptors (Lipinski definition) is 3. The number of benzene rings is 1. The molecule has 130 valence electrons. The van der Waals surface area contributed by atoms with Gasteiger partial charge in [-0.15, -0.1) is 0 Å². The molecule has 23 heavy (non-hydrogen) atoms. The molecular formula is C17H28N2O3S. The van der Waals surface area contributed by atoms with Crippen LogP contribution in [0, 0.1) is 18.8 Å². The molecule has 1 aromatic rings. The number of aryl methyl sites for hydroxylation is 1. The molecule has 6 heteroatoms. The van der Waals surface area contributed by atoms with Crippen LogP contribution >= 0.6 is 0 Å². The maximum atomic E-state index is 13.0. The van der Waals surface area contributed by atoms with Crippen molar-refractivity contribution >= 4 is 21.6 Å². The van der Waals surface area contributed by atoms with Gasteiger partial charge in [-0.25, -0.2) is 8.42 Å². The van der Waals surface area contributed by atoms with Crippen LogP contribution < -0.4 is 5.32 Å². The lowest BCUT2D eigenvalue weighted by Gasteiger charge is -2.26. The van der Waals surface area contributed by atoms with Crippen LogP contribution in [0.1, 0.15) is 40.2 Å². The second-order valence-corrected chi connectivity index (χ2v) is 8.71. The number of nitrogens with zero attached hydrogens (tertiary/aromatic N) is 1. The maximum Gasteiger partial charge on any atom is 0.243 e. The molecule has 0 fully saturated rings. The first kappa shape index (κ1) is 19.6. The van der Waals surface area contributed by atoms with Gasteiger partial charge in [-0.3, -0.25) is 4.79 Å². The SMILES string of the molecule is CC(=O)Nc1cc(S(=O)(=O)N(CC(C)C)CC(C)C)ccc1C. The second-order valence-electron chi connectivity index (χ2n) is 6.77. The predicted octanol–water partition coefficient (Wildman–Crippen LogP) is 3.26. The van der Waals surface area contributed by atoms with Gasteiger partial charge in [-0.1, -0.05) is 33.8 Å². The predicted molar refractivity (Wildman–Crippen MR) is 93.9 cm³/mol. The molecule has 0 bridgehead atoms. The summed E-state index contributed by atoms with van der Waals surface area (Å²) in [5.41, 5.74) is 1.37. The summed E-state index contributed by atoms with van der Waals surface area (Å²) in [5.74, 6) is 0.261. The highest BCUT2D eigenvalue weighted by atomic mass is 32.2. The smallest absolute Gasteiger partial charge is 0.243 e. The molecule has 0 atom stereocenters. The molecule has 0 aliphatic heterocycles. The molecule has 0 unspecified atom stereocenters. The first-order valence-corrected chi connectivity index (χ1v) is 9.36. The largest absolute Gasteiger partial charge is 0.326 e. The minimum atomic E-state index is -3.58.